The Kier molecular flexibility index (Phi) is 4.96. The number of rotatable bonds is 2. The van der Waals surface area contributed by atoms with E-state index in [0.717, 1.165) is 67.1 Å². The molecule has 0 radical (unpaired) electrons. The molecule has 2 aromatic heterocycles. The van der Waals surface area contributed by atoms with Crippen molar-refractivity contribution in [3.05, 3.63) is 152 Å². The number of hydrogen-bond acceptors (Lipinski definition) is 3. The molecule has 0 amide bonds. The molecule has 45 heavy (non-hydrogen) atoms. The summed E-state index contributed by atoms with van der Waals surface area (Å²) >= 11 is 0. The summed E-state index contributed by atoms with van der Waals surface area (Å²) in [6, 6.07) is 53.7. The van der Waals surface area contributed by atoms with Gasteiger partial charge in [0.15, 0.2) is 0 Å². The summed E-state index contributed by atoms with van der Waals surface area (Å²) in [6.45, 7) is 0. The van der Waals surface area contributed by atoms with Crippen LogP contribution in [0, 0.1) is 0 Å². The largest absolute Gasteiger partial charge is 0.455 e. The maximum Gasteiger partial charge on any atom is 0.220 e. The first-order valence-corrected chi connectivity index (χ1v) is 15.2. The van der Waals surface area contributed by atoms with Crippen LogP contribution in [0.5, 0.6) is 0 Å². The first-order valence-electron chi connectivity index (χ1n) is 15.2. The van der Waals surface area contributed by atoms with E-state index in [1.54, 1.807) is 0 Å². The smallest absolute Gasteiger partial charge is 0.220 e. The normalized spacial score (nSPS) is 12.4. The summed E-state index contributed by atoms with van der Waals surface area (Å²) in [6.07, 6.45) is 0. The highest BCUT2D eigenvalue weighted by Gasteiger charge is 2.29. The molecule has 1 aliphatic heterocycles. The maximum atomic E-state index is 6.37. The van der Waals surface area contributed by atoms with Crippen LogP contribution in [-0.4, -0.2) is 9.55 Å². The minimum atomic E-state index is 0.866. The molecule has 0 atom stereocenters. The van der Waals surface area contributed by atoms with Gasteiger partial charge in [-0.05, 0) is 58.8 Å². The van der Waals surface area contributed by atoms with Crippen molar-refractivity contribution >= 4 is 61.1 Å². The average molecular weight is 576 g/mol. The monoisotopic (exact) mass is 575 g/mol. The van der Waals surface area contributed by atoms with Gasteiger partial charge in [0.1, 0.15) is 11.2 Å². The van der Waals surface area contributed by atoms with Crippen molar-refractivity contribution in [3.8, 4) is 27.9 Å². The SMILES string of the molecule is c1ccc2c(c1)-c1ccccc1-n1c(nc3cc4ccccc4cc31)N2c1ccc(-c2cccc3c2oc2ccccc23)cc1. The fourth-order valence-corrected chi connectivity index (χ4v) is 7.06. The molecule has 0 spiro atoms. The molecule has 0 saturated heterocycles. The van der Waals surface area contributed by atoms with Crippen molar-refractivity contribution in [1.29, 1.82) is 0 Å². The average Bonchev–Trinajstić information content (AvgIpc) is 3.62. The van der Waals surface area contributed by atoms with Gasteiger partial charge in [0.05, 0.1) is 22.4 Å². The van der Waals surface area contributed by atoms with Crippen LogP contribution < -0.4 is 4.90 Å². The van der Waals surface area contributed by atoms with Gasteiger partial charge < -0.3 is 4.42 Å². The maximum absolute atomic E-state index is 6.37. The fraction of sp³-hybridized carbons (Fsp3) is 0. The standard InChI is InChI=1S/C41H25N3O/c1-2-11-28-25-38-35(24-27(28)10-1)42-41-43(36-17-6-3-12-31(36)32-13-4-7-18-37(32)44(38)41)29-22-20-26(21-23-29)30-15-9-16-34-33-14-5-8-19-39(33)45-40(30)34/h1-25H. The molecule has 210 valence electrons. The lowest BCUT2D eigenvalue weighted by molar-refractivity contribution is 0.670. The molecule has 0 bridgehead atoms. The van der Waals surface area contributed by atoms with Gasteiger partial charge in [-0.25, -0.2) is 4.98 Å². The Hall–Kier alpha value is -6.13. The van der Waals surface area contributed by atoms with Crippen molar-refractivity contribution in [1.82, 2.24) is 9.55 Å². The number of benzene rings is 7. The minimum Gasteiger partial charge on any atom is -0.455 e. The van der Waals surface area contributed by atoms with Gasteiger partial charge in [0, 0.05) is 33.2 Å². The Balaban J connectivity index is 1.21. The van der Waals surface area contributed by atoms with E-state index >= 15 is 0 Å². The second kappa shape index (κ2) is 9.18. The molecular weight excluding hydrogens is 550 g/mol. The highest BCUT2D eigenvalue weighted by atomic mass is 16.3. The molecule has 3 heterocycles. The van der Waals surface area contributed by atoms with Gasteiger partial charge in [-0.15, -0.1) is 0 Å². The molecule has 4 nitrogen and oxygen atoms in total. The summed E-state index contributed by atoms with van der Waals surface area (Å²) in [5.41, 5.74) is 11.7. The Morgan fingerprint density at radius 3 is 2.00 bits per heavy atom. The first kappa shape index (κ1) is 24.3. The number of imidazole rings is 1. The van der Waals surface area contributed by atoms with Gasteiger partial charge in [0.25, 0.3) is 0 Å². The molecule has 7 aromatic carbocycles. The quantitative estimate of drug-likeness (QED) is 0.206. The molecule has 0 unspecified atom stereocenters. The lowest BCUT2D eigenvalue weighted by Gasteiger charge is -2.24. The molecular formula is C41H25N3O. The third-order valence-corrected chi connectivity index (χ3v) is 9.13. The highest BCUT2D eigenvalue weighted by Crippen LogP contribution is 2.48. The lowest BCUT2D eigenvalue weighted by Crippen LogP contribution is -2.14. The zero-order valence-corrected chi connectivity index (χ0v) is 24.2. The molecule has 9 aromatic rings. The predicted molar refractivity (Wildman–Crippen MR) is 185 cm³/mol. The molecule has 1 aliphatic rings. The predicted octanol–water partition coefficient (Wildman–Crippen LogP) is 11.2. The van der Waals surface area contributed by atoms with Crippen molar-refractivity contribution in [2.45, 2.75) is 0 Å². The summed E-state index contributed by atoms with van der Waals surface area (Å²) < 4.78 is 8.69. The Morgan fingerprint density at radius 2 is 1.16 bits per heavy atom. The van der Waals surface area contributed by atoms with E-state index in [4.69, 9.17) is 9.40 Å². The van der Waals surface area contributed by atoms with Crippen molar-refractivity contribution in [2.24, 2.45) is 0 Å². The second-order valence-corrected chi connectivity index (χ2v) is 11.6. The third kappa shape index (κ3) is 3.51. The van der Waals surface area contributed by atoms with E-state index < -0.39 is 0 Å². The Labute approximate surface area is 259 Å². The third-order valence-electron chi connectivity index (χ3n) is 9.13. The number of para-hydroxylation sites is 4. The molecule has 0 aliphatic carbocycles. The van der Waals surface area contributed by atoms with Crippen molar-refractivity contribution < 1.29 is 4.42 Å². The van der Waals surface area contributed by atoms with Crippen molar-refractivity contribution in [3.63, 3.8) is 0 Å². The van der Waals surface area contributed by atoms with E-state index in [0.29, 0.717) is 0 Å². The van der Waals surface area contributed by atoms with Crippen molar-refractivity contribution in [2.75, 3.05) is 4.90 Å². The molecule has 0 saturated carbocycles. The van der Waals surface area contributed by atoms with Crippen LogP contribution in [0.3, 0.4) is 0 Å². The van der Waals surface area contributed by atoms with Gasteiger partial charge >= 0.3 is 0 Å². The first-order chi connectivity index (χ1) is 22.3. The van der Waals surface area contributed by atoms with Gasteiger partial charge in [-0.1, -0.05) is 109 Å². The zero-order valence-electron chi connectivity index (χ0n) is 24.2. The van der Waals surface area contributed by atoms with Crippen LogP contribution in [0.1, 0.15) is 0 Å². The van der Waals surface area contributed by atoms with Crippen LogP contribution in [-0.2, 0) is 0 Å². The van der Waals surface area contributed by atoms with Crippen LogP contribution in [0.2, 0.25) is 0 Å². The van der Waals surface area contributed by atoms with Gasteiger partial charge in [0.2, 0.25) is 5.95 Å². The lowest BCUT2D eigenvalue weighted by atomic mass is 10.0. The van der Waals surface area contributed by atoms with Crippen LogP contribution in [0.25, 0.3) is 71.7 Å². The number of hydrogen-bond donors (Lipinski definition) is 0. The summed E-state index contributed by atoms with van der Waals surface area (Å²) in [7, 11) is 0. The molecule has 0 N–H and O–H groups in total. The number of anilines is 3. The fourth-order valence-electron chi connectivity index (χ4n) is 7.06. The number of aromatic nitrogens is 2. The number of furan rings is 1. The summed E-state index contributed by atoms with van der Waals surface area (Å²) in [5, 5.41) is 4.65. The van der Waals surface area contributed by atoms with E-state index in [1.807, 2.05) is 12.1 Å². The summed E-state index contributed by atoms with van der Waals surface area (Å²) in [4.78, 5) is 7.64. The highest BCUT2D eigenvalue weighted by molar-refractivity contribution is 6.09. The second-order valence-electron chi connectivity index (χ2n) is 11.6. The molecule has 10 rings (SSSR count). The van der Waals surface area contributed by atoms with E-state index in [2.05, 4.69) is 149 Å². The van der Waals surface area contributed by atoms with Gasteiger partial charge in [-0.2, -0.15) is 0 Å². The minimum absolute atomic E-state index is 0.866. The van der Waals surface area contributed by atoms with Crippen LogP contribution in [0.4, 0.5) is 17.3 Å². The van der Waals surface area contributed by atoms with Crippen LogP contribution >= 0.6 is 0 Å². The molecule has 4 heteroatoms. The molecule has 0 fully saturated rings. The number of fused-ring (bicyclic) bond motifs is 11. The topological polar surface area (TPSA) is 34.2 Å². The Morgan fingerprint density at radius 1 is 0.511 bits per heavy atom. The van der Waals surface area contributed by atoms with Crippen LogP contribution in [0.15, 0.2) is 156 Å². The van der Waals surface area contributed by atoms with E-state index in [1.165, 1.54) is 21.9 Å². The van der Waals surface area contributed by atoms with E-state index in [-0.39, 0.29) is 0 Å². The number of nitrogens with zero attached hydrogens (tertiary/aromatic N) is 3. The van der Waals surface area contributed by atoms with Gasteiger partial charge in [-0.3, -0.25) is 9.47 Å². The Bertz CT molecular complexity index is 2610. The van der Waals surface area contributed by atoms with E-state index in [9.17, 15) is 0 Å². The zero-order chi connectivity index (χ0) is 29.5. The summed E-state index contributed by atoms with van der Waals surface area (Å²) in [5.74, 6) is 0.866.